The van der Waals surface area contributed by atoms with Gasteiger partial charge in [0.2, 0.25) is 0 Å². The minimum Gasteiger partial charge on any atom is -0.309 e. The van der Waals surface area contributed by atoms with Gasteiger partial charge in [-0.1, -0.05) is 185 Å². The second-order valence-electron chi connectivity index (χ2n) is 18.1. The van der Waals surface area contributed by atoms with Crippen molar-refractivity contribution in [2.75, 3.05) is 4.90 Å². The summed E-state index contributed by atoms with van der Waals surface area (Å²) < 4.78 is 2.44. The third kappa shape index (κ3) is 5.23. The van der Waals surface area contributed by atoms with Crippen LogP contribution in [0.3, 0.4) is 0 Å². The van der Waals surface area contributed by atoms with Crippen molar-refractivity contribution in [3.05, 3.63) is 229 Å². The monoisotopic (exact) mass is 794 g/mol. The van der Waals surface area contributed by atoms with Gasteiger partial charge >= 0.3 is 0 Å². The standard InChI is InChI=1S/C60H46N2/c1-59(2)50-29-12-8-24-45(50)49-38-40(35-36-52(49)59)43-23-10-14-32-54(43)61(56-34-18-31-53-57(56)48-26-9-13-30-51(48)60(53,3)4)42-22-16-19-39(37-42)44-27-17-28-47-46-25-11-15-33-55(46)62(58(44)47)41-20-6-5-7-21-41/h5-38H,1-4H3. The first kappa shape index (κ1) is 36.4. The Hall–Kier alpha value is -7.42. The van der Waals surface area contributed by atoms with Gasteiger partial charge in [-0.25, -0.2) is 0 Å². The molecule has 0 amide bonds. The number of para-hydroxylation sites is 4. The van der Waals surface area contributed by atoms with Crippen LogP contribution in [0.1, 0.15) is 49.9 Å². The van der Waals surface area contributed by atoms with Gasteiger partial charge in [-0.15, -0.1) is 0 Å². The topological polar surface area (TPSA) is 8.17 Å². The minimum atomic E-state index is -0.143. The van der Waals surface area contributed by atoms with Crippen molar-refractivity contribution in [2.45, 2.75) is 38.5 Å². The van der Waals surface area contributed by atoms with Gasteiger partial charge in [-0.3, -0.25) is 0 Å². The van der Waals surface area contributed by atoms with Crippen LogP contribution in [0.2, 0.25) is 0 Å². The van der Waals surface area contributed by atoms with Gasteiger partial charge in [-0.2, -0.15) is 0 Å². The predicted octanol–water partition coefficient (Wildman–Crippen LogP) is 16.2. The molecular formula is C60H46N2. The summed E-state index contributed by atoms with van der Waals surface area (Å²) in [5.41, 5.74) is 22.3. The van der Waals surface area contributed by atoms with Crippen LogP contribution in [0.5, 0.6) is 0 Å². The second-order valence-corrected chi connectivity index (χ2v) is 18.1. The molecule has 9 aromatic carbocycles. The molecule has 2 aliphatic rings. The summed E-state index contributed by atoms with van der Waals surface area (Å²) in [7, 11) is 0. The second kappa shape index (κ2) is 13.5. The Labute approximate surface area is 364 Å². The van der Waals surface area contributed by atoms with Crippen molar-refractivity contribution in [1.29, 1.82) is 0 Å². The summed E-state index contributed by atoms with van der Waals surface area (Å²) in [6.45, 7) is 9.46. The van der Waals surface area contributed by atoms with Crippen molar-refractivity contribution in [3.63, 3.8) is 0 Å². The fourth-order valence-electron chi connectivity index (χ4n) is 11.0. The Morgan fingerprint density at radius 2 is 0.935 bits per heavy atom. The van der Waals surface area contributed by atoms with Crippen LogP contribution in [-0.2, 0) is 10.8 Å². The highest BCUT2D eigenvalue weighted by molar-refractivity contribution is 6.14. The number of hydrogen-bond donors (Lipinski definition) is 0. The molecule has 62 heavy (non-hydrogen) atoms. The summed E-state index contributed by atoms with van der Waals surface area (Å²) >= 11 is 0. The zero-order chi connectivity index (χ0) is 41.7. The molecule has 12 rings (SSSR count). The van der Waals surface area contributed by atoms with E-state index in [4.69, 9.17) is 0 Å². The molecule has 0 aliphatic heterocycles. The number of fused-ring (bicyclic) bond motifs is 9. The maximum Gasteiger partial charge on any atom is 0.0619 e. The molecule has 0 radical (unpaired) electrons. The summed E-state index contributed by atoms with van der Waals surface area (Å²) in [4.78, 5) is 2.54. The average Bonchev–Trinajstić information content (AvgIpc) is 3.87. The van der Waals surface area contributed by atoms with E-state index in [1.807, 2.05) is 0 Å². The Bertz CT molecular complexity index is 3420. The number of nitrogens with zero attached hydrogens (tertiary/aromatic N) is 2. The molecule has 2 nitrogen and oxygen atoms in total. The Kier molecular flexibility index (Phi) is 7.96. The SMILES string of the molecule is CC1(C)c2ccccc2-c2cc(-c3ccccc3N(c3cccc(-c4cccc5c6ccccc6n(-c6ccccc6)c45)c3)c3cccc4c3-c3ccccc3C4(C)C)ccc21. The molecule has 0 saturated carbocycles. The van der Waals surface area contributed by atoms with Crippen LogP contribution in [0, 0.1) is 0 Å². The molecule has 0 atom stereocenters. The maximum atomic E-state index is 2.54. The van der Waals surface area contributed by atoms with Crippen molar-refractivity contribution < 1.29 is 0 Å². The lowest BCUT2D eigenvalue weighted by Gasteiger charge is -2.31. The quantitative estimate of drug-likeness (QED) is 0.163. The predicted molar refractivity (Wildman–Crippen MR) is 261 cm³/mol. The Morgan fingerprint density at radius 1 is 0.371 bits per heavy atom. The molecule has 10 aromatic rings. The van der Waals surface area contributed by atoms with Crippen molar-refractivity contribution in [2.24, 2.45) is 0 Å². The first-order chi connectivity index (χ1) is 30.3. The fourth-order valence-corrected chi connectivity index (χ4v) is 11.0. The molecular weight excluding hydrogens is 749 g/mol. The van der Waals surface area contributed by atoms with E-state index in [-0.39, 0.29) is 10.8 Å². The smallest absolute Gasteiger partial charge is 0.0619 e. The van der Waals surface area contributed by atoms with E-state index < -0.39 is 0 Å². The number of anilines is 3. The van der Waals surface area contributed by atoms with E-state index in [1.54, 1.807) is 0 Å². The first-order valence-corrected chi connectivity index (χ1v) is 21.9. The molecule has 0 fully saturated rings. The van der Waals surface area contributed by atoms with Gasteiger partial charge < -0.3 is 9.47 Å². The fraction of sp³-hybridized carbons (Fsp3) is 0.100. The third-order valence-electron chi connectivity index (χ3n) is 14.0. The number of rotatable bonds is 6. The van der Waals surface area contributed by atoms with Crippen LogP contribution in [-0.4, -0.2) is 4.57 Å². The number of aromatic nitrogens is 1. The van der Waals surface area contributed by atoms with Gasteiger partial charge in [0, 0.05) is 49.7 Å². The third-order valence-corrected chi connectivity index (χ3v) is 14.0. The molecule has 2 heteroatoms. The average molecular weight is 795 g/mol. The van der Waals surface area contributed by atoms with Crippen LogP contribution in [0.15, 0.2) is 206 Å². The lowest BCUT2D eigenvalue weighted by Crippen LogP contribution is -2.16. The lowest BCUT2D eigenvalue weighted by molar-refractivity contribution is 0.660. The Morgan fingerprint density at radius 3 is 1.77 bits per heavy atom. The molecule has 0 bridgehead atoms. The molecule has 1 heterocycles. The summed E-state index contributed by atoms with van der Waals surface area (Å²) in [5, 5.41) is 2.50. The highest BCUT2D eigenvalue weighted by atomic mass is 15.1. The lowest BCUT2D eigenvalue weighted by atomic mass is 9.82. The molecule has 2 aliphatic carbocycles. The van der Waals surface area contributed by atoms with E-state index >= 15 is 0 Å². The van der Waals surface area contributed by atoms with E-state index in [9.17, 15) is 0 Å². The minimum absolute atomic E-state index is 0.0592. The highest BCUT2D eigenvalue weighted by Crippen LogP contribution is 2.56. The number of hydrogen-bond acceptors (Lipinski definition) is 1. The normalized spacial score (nSPS) is 14.1. The van der Waals surface area contributed by atoms with E-state index in [2.05, 4.69) is 243 Å². The van der Waals surface area contributed by atoms with Crippen LogP contribution in [0.4, 0.5) is 17.1 Å². The summed E-state index contributed by atoms with van der Waals surface area (Å²) in [5.74, 6) is 0. The summed E-state index contributed by atoms with van der Waals surface area (Å²) in [6, 6.07) is 76.6. The summed E-state index contributed by atoms with van der Waals surface area (Å²) in [6.07, 6.45) is 0. The molecule has 1 aromatic heterocycles. The van der Waals surface area contributed by atoms with E-state index in [0.29, 0.717) is 0 Å². The molecule has 0 spiro atoms. The van der Waals surface area contributed by atoms with Gasteiger partial charge in [0.15, 0.2) is 0 Å². The molecule has 0 unspecified atom stereocenters. The van der Waals surface area contributed by atoms with Crippen LogP contribution in [0.25, 0.3) is 72.0 Å². The highest BCUT2D eigenvalue weighted by Gasteiger charge is 2.39. The van der Waals surface area contributed by atoms with Crippen LogP contribution >= 0.6 is 0 Å². The van der Waals surface area contributed by atoms with Crippen molar-refractivity contribution in [1.82, 2.24) is 4.57 Å². The van der Waals surface area contributed by atoms with Gasteiger partial charge in [-0.05, 0) is 98.6 Å². The Balaban J connectivity index is 1.11. The van der Waals surface area contributed by atoms with Gasteiger partial charge in [0.05, 0.1) is 22.4 Å². The zero-order valence-corrected chi connectivity index (χ0v) is 35.5. The van der Waals surface area contributed by atoms with E-state index in [0.717, 1.165) is 17.1 Å². The first-order valence-electron chi connectivity index (χ1n) is 21.9. The number of benzene rings is 9. The van der Waals surface area contributed by atoms with Gasteiger partial charge in [0.25, 0.3) is 0 Å². The molecule has 296 valence electrons. The van der Waals surface area contributed by atoms with Crippen LogP contribution < -0.4 is 4.90 Å². The van der Waals surface area contributed by atoms with E-state index in [1.165, 1.54) is 94.3 Å². The zero-order valence-electron chi connectivity index (χ0n) is 35.5. The van der Waals surface area contributed by atoms with Gasteiger partial charge in [0.1, 0.15) is 0 Å². The maximum absolute atomic E-state index is 2.54. The molecule has 0 saturated heterocycles. The van der Waals surface area contributed by atoms with Crippen molar-refractivity contribution in [3.8, 4) is 50.2 Å². The van der Waals surface area contributed by atoms with Crippen molar-refractivity contribution >= 4 is 38.9 Å². The largest absolute Gasteiger partial charge is 0.309 e. The molecule has 0 N–H and O–H groups in total.